The zero-order valence-electron chi connectivity index (χ0n) is 10.1. The molecule has 4 heteroatoms. The molecule has 1 heterocycles. The monoisotopic (exact) mass is 239 g/mol. The standard InChI is InChI=1S/C14H13N3O/c1-3-15-14(16-4-2)13(18)11-9-17-12-8-6-5-7-10(11)12/h3-9,17H,1H2,2H3. The highest BCUT2D eigenvalue weighted by molar-refractivity contribution is 6.48. The third-order valence-corrected chi connectivity index (χ3v) is 2.50. The van der Waals surface area contributed by atoms with Crippen LogP contribution in [-0.2, 0) is 0 Å². The van der Waals surface area contributed by atoms with Crippen molar-refractivity contribution in [1.29, 1.82) is 0 Å². The van der Waals surface area contributed by atoms with E-state index in [1.807, 2.05) is 24.3 Å². The van der Waals surface area contributed by atoms with E-state index in [4.69, 9.17) is 0 Å². The van der Waals surface area contributed by atoms with Crippen molar-refractivity contribution >= 4 is 28.7 Å². The molecule has 0 amide bonds. The Hall–Kier alpha value is -2.49. The minimum atomic E-state index is -0.217. The molecule has 1 aromatic carbocycles. The van der Waals surface area contributed by atoms with Crippen molar-refractivity contribution in [3.8, 4) is 0 Å². The molecule has 0 fully saturated rings. The summed E-state index contributed by atoms with van der Waals surface area (Å²) in [7, 11) is 0. The van der Waals surface area contributed by atoms with Crippen molar-refractivity contribution in [3.63, 3.8) is 0 Å². The molecule has 0 saturated carbocycles. The Balaban J connectivity index is 2.51. The van der Waals surface area contributed by atoms with Gasteiger partial charge < -0.3 is 4.98 Å². The molecule has 1 aromatic heterocycles. The molecule has 2 aromatic rings. The van der Waals surface area contributed by atoms with Gasteiger partial charge in [-0.05, 0) is 13.0 Å². The first-order chi connectivity index (χ1) is 8.77. The topological polar surface area (TPSA) is 57.6 Å². The number of hydrogen-bond donors (Lipinski definition) is 1. The Kier molecular flexibility index (Phi) is 3.48. The second-order valence-electron chi connectivity index (χ2n) is 3.60. The predicted molar refractivity (Wildman–Crippen MR) is 74.4 cm³/mol. The number of aromatic nitrogens is 1. The summed E-state index contributed by atoms with van der Waals surface area (Å²) in [5.41, 5.74) is 1.48. The van der Waals surface area contributed by atoms with E-state index >= 15 is 0 Å². The first-order valence-corrected chi connectivity index (χ1v) is 5.56. The van der Waals surface area contributed by atoms with Crippen LogP contribution in [0.3, 0.4) is 0 Å². The van der Waals surface area contributed by atoms with Gasteiger partial charge in [0.15, 0.2) is 0 Å². The molecule has 1 N–H and O–H groups in total. The van der Waals surface area contributed by atoms with Crippen molar-refractivity contribution in [2.75, 3.05) is 0 Å². The van der Waals surface area contributed by atoms with Crippen molar-refractivity contribution < 1.29 is 4.79 Å². The van der Waals surface area contributed by atoms with Gasteiger partial charge in [0.2, 0.25) is 11.6 Å². The van der Waals surface area contributed by atoms with Crippen LogP contribution in [0.15, 0.2) is 53.2 Å². The van der Waals surface area contributed by atoms with Gasteiger partial charge in [-0.15, -0.1) is 0 Å². The van der Waals surface area contributed by atoms with E-state index in [1.165, 1.54) is 12.4 Å². The summed E-state index contributed by atoms with van der Waals surface area (Å²) in [6.45, 7) is 5.22. The maximum absolute atomic E-state index is 12.3. The van der Waals surface area contributed by atoms with Gasteiger partial charge in [0, 0.05) is 29.5 Å². The lowest BCUT2D eigenvalue weighted by Gasteiger charge is -1.98. The largest absolute Gasteiger partial charge is 0.360 e. The number of nitrogens with zero attached hydrogens (tertiary/aromatic N) is 2. The summed E-state index contributed by atoms with van der Waals surface area (Å²) in [6.07, 6.45) is 4.53. The summed E-state index contributed by atoms with van der Waals surface area (Å²) < 4.78 is 0. The van der Waals surface area contributed by atoms with Gasteiger partial charge in [-0.25, -0.2) is 9.98 Å². The number of aromatic amines is 1. The summed E-state index contributed by atoms with van der Waals surface area (Å²) >= 11 is 0. The van der Waals surface area contributed by atoms with Gasteiger partial charge >= 0.3 is 0 Å². The molecule has 90 valence electrons. The van der Waals surface area contributed by atoms with Crippen LogP contribution in [0.25, 0.3) is 10.9 Å². The fourth-order valence-corrected chi connectivity index (χ4v) is 1.74. The zero-order valence-corrected chi connectivity index (χ0v) is 10.1. The third kappa shape index (κ3) is 2.13. The van der Waals surface area contributed by atoms with Crippen LogP contribution in [0.1, 0.15) is 17.3 Å². The molecule has 4 nitrogen and oxygen atoms in total. The second-order valence-corrected chi connectivity index (χ2v) is 3.60. The van der Waals surface area contributed by atoms with Gasteiger partial charge in [-0.3, -0.25) is 4.79 Å². The number of nitrogens with one attached hydrogen (secondary N) is 1. The molecule has 18 heavy (non-hydrogen) atoms. The lowest BCUT2D eigenvalue weighted by Crippen LogP contribution is -2.11. The SMILES string of the molecule is C=CN=C(N=CC)C(=O)c1c[nH]c2ccccc12. The summed E-state index contributed by atoms with van der Waals surface area (Å²) in [6, 6.07) is 7.61. The highest BCUT2D eigenvalue weighted by Gasteiger charge is 2.16. The smallest absolute Gasteiger partial charge is 0.232 e. The fourth-order valence-electron chi connectivity index (χ4n) is 1.74. The van der Waals surface area contributed by atoms with E-state index in [1.54, 1.807) is 13.1 Å². The van der Waals surface area contributed by atoms with Crippen LogP contribution in [0, 0.1) is 0 Å². The Morgan fingerprint density at radius 2 is 2.17 bits per heavy atom. The molecular formula is C14H13N3O. The number of ketones is 1. The van der Waals surface area contributed by atoms with E-state index in [2.05, 4.69) is 21.5 Å². The van der Waals surface area contributed by atoms with Crippen LogP contribution < -0.4 is 0 Å². The van der Waals surface area contributed by atoms with Crippen molar-refractivity contribution in [2.45, 2.75) is 6.92 Å². The zero-order chi connectivity index (χ0) is 13.0. The summed E-state index contributed by atoms with van der Waals surface area (Å²) in [5.74, 6) is -0.0808. The number of amidine groups is 1. The molecular weight excluding hydrogens is 226 g/mol. The number of para-hydroxylation sites is 1. The van der Waals surface area contributed by atoms with Gasteiger partial charge in [-0.1, -0.05) is 24.8 Å². The lowest BCUT2D eigenvalue weighted by atomic mass is 10.1. The van der Waals surface area contributed by atoms with Gasteiger partial charge in [0.1, 0.15) is 0 Å². The molecule has 0 atom stereocenters. The number of Topliss-reactive ketones (excluding diaryl/α,β-unsaturated/α-hetero) is 1. The van der Waals surface area contributed by atoms with E-state index in [-0.39, 0.29) is 11.6 Å². The summed E-state index contributed by atoms with van der Waals surface area (Å²) in [5, 5.41) is 0.866. The first kappa shape index (κ1) is 12.0. The Bertz CT molecular complexity index is 650. The quantitative estimate of drug-likeness (QED) is 0.499. The minimum Gasteiger partial charge on any atom is -0.360 e. The van der Waals surface area contributed by atoms with Crippen LogP contribution >= 0.6 is 0 Å². The number of rotatable bonds is 3. The van der Waals surface area contributed by atoms with Gasteiger partial charge in [0.05, 0.1) is 5.56 Å². The van der Waals surface area contributed by atoms with E-state index < -0.39 is 0 Å². The second kappa shape index (κ2) is 5.23. The molecule has 0 bridgehead atoms. The van der Waals surface area contributed by atoms with Crippen LogP contribution in [-0.4, -0.2) is 22.8 Å². The Morgan fingerprint density at radius 1 is 1.39 bits per heavy atom. The van der Waals surface area contributed by atoms with E-state index in [9.17, 15) is 4.79 Å². The first-order valence-electron chi connectivity index (χ1n) is 5.56. The van der Waals surface area contributed by atoms with Gasteiger partial charge in [0.25, 0.3) is 0 Å². The molecule has 0 spiro atoms. The molecule has 0 aliphatic carbocycles. The molecule has 0 radical (unpaired) electrons. The van der Waals surface area contributed by atoms with Crippen molar-refractivity contribution in [3.05, 3.63) is 48.8 Å². The number of carbonyl (C=O) groups excluding carboxylic acids is 1. The third-order valence-electron chi connectivity index (χ3n) is 2.50. The van der Waals surface area contributed by atoms with Crippen molar-refractivity contribution in [2.24, 2.45) is 9.98 Å². The van der Waals surface area contributed by atoms with E-state index in [0.717, 1.165) is 10.9 Å². The van der Waals surface area contributed by atoms with Crippen LogP contribution in [0.4, 0.5) is 0 Å². The number of fused-ring (bicyclic) bond motifs is 1. The van der Waals surface area contributed by atoms with Crippen LogP contribution in [0.5, 0.6) is 0 Å². The molecule has 0 aliphatic heterocycles. The maximum atomic E-state index is 12.3. The number of carbonyl (C=O) groups is 1. The maximum Gasteiger partial charge on any atom is 0.232 e. The Morgan fingerprint density at radius 3 is 2.89 bits per heavy atom. The van der Waals surface area contributed by atoms with E-state index in [0.29, 0.717) is 5.56 Å². The minimum absolute atomic E-state index is 0.136. The average Bonchev–Trinajstić information content (AvgIpc) is 2.81. The average molecular weight is 239 g/mol. The number of H-pyrrole nitrogens is 1. The number of hydrogen-bond acceptors (Lipinski definition) is 2. The Labute approximate surface area is 105 Å². The molecule has 0 aliphatic rings. The normalized spacial score (nSPS) is 12.2. The lowest BCUT2D eigenvalue weighted by molar-refractivity contribution is 0.106. The molecule has 2 rings (SSSR count). The van der Waals surface area contributed by atoms with Crippen LogP contribution in [0.2, 0.25) is 0 Å². The van der Waals surface area contributed by atoms with Gasteiger partial charge in [-0.2, -0.15) is 0 Å². The molecule has 0 unspecified atom stereocenters. The highest BCUT2D eigenvalue weighted by atomic mass is 16.1. The highest BCUT2D eigenvalue weighted by Crippen LogP contribution is 2.18. The fraction of sp³-hybridized carbons (Fsp3) is 0.0714. The van der Waals surface area contributed by atoms with Crippen molar-refractivity contribution in [1.82, 2.24) is 4.98 Å². The number of benzene rings is 1. The summed E-state index contributed by atoms with van der Waals surface area (Å²) in [4.78, 5) is 23.2. The number of aliphatic imine (C=N–C) groups is 2. The molecule has 0 saturated heterocycles. The predicted octanol–water partition coefficient (Wildman–Crippen LogP) is 2.98.